The number of rotatable bonds is 7. The first-order valence-electron chi connectivity index (χ1n) is 10.5. The van der Waals surface area contributed by atoms with Crippen LogP contribution in [0.2, 0.25) is 5.02 Å². The van der Waals surface area contributed by atoms with Crippen molar-refractivity contribution in [3.8, 4) is 0 Å². The van der Waals surface area contributed by atoms with Crippen molar-refractivity contribution in [1.29, 1.82) is 0 Å². The summed E-state index contributed by atoms with van der Waals surface area (Å²) in [6.45, 7) is 2.94. The fraction of sp³-hybridized carbons (Fsp3) is 0.333. The van der Waals surface area contributed by atoms with Crippen molar-refractivity contribution < 1.29 is 18.7 Å². The molecule has 1 aliphatic heterocycles. The van der Waals surface area contributed by atoms with Crippen LogP contribution in [0, 0.1) is 5.92 Å². The Hall–Kier alpha value is -2.83. The van der Waals surface area contributed by atoms with Gasteiger partial charge in [0.1, 0.15) is 5.58 Å². The number of ketones is 1. The molecule has 6 nitrogen and oxygen atoms in total. The van der Waals surface area contributed by atoms with E-state index in [1.807, 2.05) is 18.2 Å². The molecule has 31 heavy (non-hydrogen) atoms. The lowest BCUT2D eigenvalue weighted by Crippen LogP contribution is -2.37. The molecule has 4 rings (SSSR count). The van der Waals surface area contributed by atoms with Gasteiger partial charge in [0, 0.05) is 40.2 Å². The monoisotopic (exact) mass is 440 g/mol. The smallest absolute Gasteiger partial charge is 0.411 e. The molecule has 0 bridgehead atoms. The van der Waals surface area contributed by atoms with Crippen LogP contribution >= 0.6 is 11.6 Å². The molecule has 7 heteroatoms. The van der Waals surface area contributed by atoms with Crippen molar-refractivity contribution in [3.63, 3.8) is 0 Å². The summed E-state index contributed by atoms with van der Waals surface area (Å²) < 4.78 is 10.6. The van der Waals surface area contributed by atoms with Crippen LogP contribution in [0.5, 0.6) is 0 Å². The number of nitrogens with zero attached hydrogens (tertiary/aromatic N) is 1. The van der Waals surface area contributed by atoms with Crippen LogP contribution in [0.25, 0.3) is 11.0 Å². The summed E-state index contributed by atoms with van der Waals surface area (Å²) in [5.41, 5.74) is 2.09. The van der Waals surface area contributed by atoms with E-state index in [0.29, 0.717) is 17.3 Å². The highest BCUT2D eigenvalue weighted by molar-refractivity contribution is 6.30. The second kappa shape index (κ2) is 9.98. The molecule has 1 aliphatic rings. The number of amides is 1. The third-order valence-corrected chi connectivity index (χ3v) is 5.89. The van der Waals surface area contributed by atoms with E-state index in [4.69, 9.17) is 20.8 Å². The average Bonchev–Trinajstić information content (AvgIpc) is 3.25. The first kappa shape index (κ1) is 21.4. The van der Waals surface area contributed by atoms with E-state index >= 15 is 0 Å². The third kappa shape index (κ3) is 5.66. The van der Waals surface area contributed by atoms with Crippen molar-refractivity contribution >= 4 is 40.1 Å². The van der Waals surface area contributed by atoms with Gasteiger partial charge in [-0.2, -0.15) is 0 Å². The lowest BCUT2D eigenvalue weighted by atomic mass is 9.89. The van der Waals surface area contributed by atoms with Crippen LogP contribution in [-0.4, -0.2) is 43.0 Å². The standard InChI is InChI=1S/C24H25ClN2O4/c25-20-5-2-18(3-6-20)23(28)19-8-12-27(13-9-19)11-1-14-31-24(29)26-21-7-4-17-10-15-30-22(17)16-21/h2-7,10,15-16,19H,1,8-9,11-14H2,(H,26,29). The number of hydrogen-bond acceptors (Lipinski definition) is 5. The number of Topliss-reactive ketones (excluding diaryl/α,β-unsaturated/α-hetero) is 1. The van der Waals surface area contributed by atoms with Crippen LogP contribution < -0.4 is 5.32 Å². The Morgan fingerprint density at radius 2 is 1.87 bits per heavy atom. The second-order valence-corrected chi connectivity index (χ2v) is 8.21. The van der Waals surface area contributed by atoms with Crippen molar-refractivity contribution in [3.05, 3.63) is 65.4 Å². The van der Waals surface area contributed by atoms with Crippen molar-refractivity contribution in [1.82, 2.24) is 4.90 Å². The van der Waals surface area contributed by atoms with E-state index in [-0.39, 0.29) is 11.7 Å². The van der Waals surface area contributed by atoms with Crippen LogP contribution in [0.15, 0.2) is 59.2 Å². The Kier molecular flexibility index (Phi) is 6.89. The van der Waals surface area contributed by atoms with Gasteiger partial charge in [0.15, 0.2) is 5.78 Å². The Morgan fingerprint density at radius 3 is 2.65 bits per heavy atom. The number of nitrogens with one attached hydrogen (secondary N) is 1. The number of piperidine rings is 1. The Morgan fingerprint density at radius 1 is 1.10 bits per heavy atom. The van der Waals surface area contributed by atoms with E-state index in [1.165, 1.54) is 0 Å². The zero-order chi connectivity index (χ0) is 21.6. The third-order valence-electron chi connectivity index (χ3n) is 5.64. The van der Waals surface area contributed by atoms with E-state index in [9.17, 15) is 9.59 Å². The van der Waals surface area contributed by atoms with Gasteiger partial charge in [-0.05, 0) is 74.8 Å². The van der Waals surface area contributed by atoms with Gasteiger partial charge in [0.2, 0.25) is 0 Å². The van der Waals surface area contributed by atoms with E-state index in [2.05, 4.69) is 10.2 Å². The summed E-state index contributed by atoms with van der Waals surface area (Å²) in [4.78, 5) is 26.9. The molecule has 1 fully saturated rings. The highest BCUT2D eigenvalue weighted by Gasteiger charge is 2.25. The van der Waals surface area contributed by atoms with E-state index in [1.54, 1.807) is 36.6 Å². The summed E-state index contributed by atoms with van der Waals surface area (Å²) in [5.74, 6) is 0.259. The number of halogens is 1. The Labute approximate surface area is 186 Å². The zero-order valence-electron chi connectivity index (χ0n) is 17.2. The lowest BCUT2D eigenvalue weighted by molar-refractivity contribution is 0.0830. The van der Waals surface area contributed by atoms with Crippen LogP contribution in [-0.2, 0) is 4.74 Å². The molecule has 0 saturated carbocycles. The van der Waals surface area contributed by atoms with Crippen molar-refractivity contribution in [2.24, 2.45) is 5.92 Å². The van der Waals surface area contributed by atoms with Crippen LogP contribution in [0.4, 0.5) is 10.5 Å². The molecule has 0 atom stereocenters. The number of carbonyl (C=O) groups is 2. The average molecular weight is 441 g/mol. The van der Waals surface area contributed by atoms with E-state index in [0.717, 1.165) is 55.4 Å². The number of benzene rings is 2. The lowest BCUT2D eigenvalue weighted by Gasteiger charge is -2.31. The topological polar surface area (TPSA) is 71.8 Å². The molecule has 2 heterocycles. The van der Waals surface area contributed by atoms with Crippen molar-refractivity contribution in [2.75, 3.05) is 31.6 Å². The van der Waals surface area contributed by atoms with Gasteiger partial charge in [-0.3, -0.25) is 10.1 Å². The summed E-state index contributed by atoms with van der Waals surface area (Å²) in [6, 6.07) is 14.5. The minimum Gasteiger partial charge on any atom is -0.464 e. The van der Waals surface area contributed by atoms with Crippen LogP contribution in [0.1, 0.15) is 29.6 Å². The highest BCUT2D eigenvalue weighted by atomic mass is 35.5. The van der Waals surface area contributed by atoms with Crippen LogP contribution in [0.3, 0.4) is 0 Å². The fourth-order valence-corrected chi connectivity index (χ4v) is 4.03. The number of carbonyl (C=O) groups excluding carboxylic acids is 2. The summed E-state index contributed by atoms with van der Waals surface area (Å²) >= 11 is 5.90. The summed E-state index contributed by atoms with van der Waals surface area (Å²) in [5, 5.41) is 4.34. The predicted octanol–water partition coefficient (Wildman–Crippen LogP) is 5.62. The summed E-state index contributed by atoms with van der Waals surface area (Å²) in [6.07, 6.45) is 3.58. The maximum atomic E-state index is 12.6. The van der Waals surface area contributed by atoms with Gasteiger partial charge < -0.3 is 14.1 Å². The van der Waals surface area contributed by atoms with Gasteiger partial charge in [0.05, 0.1) is 12.9 Å². The fourth-order valence-electron chi connectivity index (χ4n) is 3.91. The minimum absolute atomic E-state index is 0.0611. The molecule has 0 aliphatic carbocycles. The first-order valence-corrected chi connectivity index (χ1v) is 10.9. The second-order valence-electron chi connectivity index (χ2n) is 7.77. The number of anilines is 1. The van der Waals surface area contributed by atoms with Gasteiger partial charge in [-0.1, -0.05) is 11.6 Å². The van der Waals surface area contributed by atoms with Gasteiger partial charge in [-0.15, -0.1) is 0 Å². The minimum atomic E-state index is -0.474. The quantitative estimate of drug-likeness (QED) is 0.381. The Balaban J connectivity index is 1.13. The maximum Gasteiger partial charge on any atom is 0.411 e. The number of furan rings is 1. The molecule has 0 unspecified atom stereocenters. The number of hydrogen-bond donors (Lipinski definition) is 1. The molecule has 162 valence electrons. The Bertz CT molecular complexity index is 1040. The zero-order valence-corrected chi connectivity index (χ0v) is 17.9. The summed E-state index contributed by atoms with van der Waals surface area (Å²) in [7, 11) is 0. The molecule has 1 aromatic heterocycles. The molecular weight excluding hydrogens is 416 g/mol. The molecule has 3 aromatic rings. The molecule has 1 N–H and O–H groups in total. The van der Waals surface area contributed by atoms with Crippen molar-refractivity contribution in [2.45, 2.75) is 19.3 Å². The number of ether oxygens (including phenoxy) is 1. The maximum absolute atomic E-state index is 12.6. The SMILES string of the molecule is O=C(Nc1ccc2ccoc2c1)OCCCN1CCC(C(=O)c2ccc(Cl)cc2)CC1. The van der Waals surface area contributed by atoms with Gasteiger partial charge in [0.25, 0.3) is 0 Å². The van der Waals surface area contributed by atoms with Gasteiger partial charge in [-0.25, -0.2) is 4.79 Å². The molecule has 0 radical (unpaired) electrons. The molecular formula is C24H25ClN2O4. The molecule has 1 saturated heterocycles. The normalized spacial score (nSPS) is 15.1. The highest BCUT2D eigenvalue weighted by Crippen LogP contribution is 2.23. The molecule has 1 amide bonds. The largest absolute Gasteiger partial charge is 0.464 e. The first-order chi connectivity index (χ1) is 15.1. The molecule has 0 spiro atoms. The number of fused-ring (bicyclic) bond motifs is 1. The van der Waals surface area contributed by atoms with E-state index < -0.39 is 6.09 Å². The van der Waals surface area contributed by atoms with Gasteiger partial charge >= 0.3 is 6.09 Å². The number of likely N-dealkylation sites (tertiary alicyclic amines) is 1. The molecule has 2 aromatic carbocycles. The predicted molar refractivity (Wildman–Crippen MR) is 121 cm³/mol.